The highest BCUT2D eigenvalue weighted by Crippen LogP contribution is 2.33. The molecule has 0 saturated heterocycles. The van der Waals surface area contributed by atoms with E-state index in [-0.39, 0.29) is 11.7 Å². The van der Waals surface area contributed by atoms with Crippen LogP contribution in [0.4, 0.5) is 5.69 Å². The first-order chi connectivity index (χ1) is 13.5. The van der Waals surface area contributed by atoms with E-state index in [9.17, 15) is 4.79 Å². The summed E-state index contributed by atoms with van der Waals surface area (Å²) in [5.41, 5.74) is 3.92. The Balaban J connectivity index is 1.69. The molecule has 0 aliphatic heterocycles. The van der Waals surface area contributed by atoms with Crippen LogP contribution in [0, 0.1) is 13.8 Å². The van der Waals surface area contributed by atoms with E-state index < -0.39 is 0 Å². The molecule has 0 unspecified atom stereocenters. The monoisotopic (exact) mass is 416 g/mol. The number of carbonyl (C=O) groups is 1. The van der Waals surface area contributed by atoms with Gasteiger partial charge >= 0.3 is 0 Å². The second-order valence-electron chi connectivity index (χ2n) is 6.14. The number of nitrogens with one attached hydrogen (secondary N) is 1. The third kappa shape index (κ3) is 4.66. The largest absolute Gasteiger partial charge is 0.490 e. The van der Waals surface area contributed by atoms with Crippen molar-refractivity contribution in [3.05, 3.63) is 58.9 Å². The van der Waals surface area contributed by atoms with Crippen LogP contribution in [0.1, 0.15) is 18.1 Å². The highest BCUT2D eigenvalue weighted by molar-refractivity contribution is 7.99. The summed E-state index contributed by atoms with van der Waals surface area (Å²) >= 11 is 7.47. The average Bonchev–Trinajstić information content (AvgIpc) is 3.14. The van der Waals surface area contributed by atoms with Crippen LogP contribution >= 0.6 is 23.4 Å². The maximum absolute atomic E-state index is 12.4. The predicted octanol–water partition coefficient (Wildman–Crippen LogP) is 4.67. The number of nitrogens with zero attached hydrogens (tertiary/aromatic N) is 3. The number of halogens is 1. The highest BCUT2D eigenvalue weighted by Gasteiger charge is 2.14. The molecule has 3 rings (SSSR count). The maximum Gasteiger partial charge on any atom is 0.234 e. The molecular formula is C20H21ClN4O2S. The van der Waals surface area contributed by atoms with Crippen LogP contribution in [0.25, 0.3) is 5.69 Å². The number of aromatic nitrogens is 3. The molecule has 0 bridgehead atoms. The molecule has 0 radical (unpaired) electrons. The number of anilines is 1. The Labute approximate surface area is 173 Å². The quantitative estimate of drug-likeness (QED) is 0.567. The minimum atomic E-state index is -0.178. The van der Waals surface area contributed by atoms with Crippen LogP contribution in [0.5, 0.6) is 5.75 Å². The summed E-state index contributed by atoms with van der Waals surface area (Å²) in [6.07, 6.45) is 1.65. The number of thioether (sulfide) groups is 1. The molecule has 0 saturated carbocycles. The molecule has 2 aromatic carbocycles. The number of ether oxygens (including phenoxy) is 1. The molecule has 1 aromatic heterocycles. The van der Waals surface area contributed by atoms with Crippen LogP contribution in [0.3, 0.4) is 0 Å². The minimum absolute atomic E-state index is 0.178. The van der Waals surface area contributed by atoms with E-state index in [2.05, 4.69) is 41.5 Å². The lowest BCUT2D eigenvalue weighted by atomic mass is 10.1. The molecular weight excluding hydrogens is 396 g/mol. The van der Waals surface area contributed by atoms with Gasteiger partial charge < -0.3 is 10.1 Å². The third-order valence-electron chi connectivity index (χ3n) is 4.15. The van der Waals surface area contributed by atoms with Crippen LogP contribution in [0.15, 0.2) is 47.9 Å². The van der Waals surface area contributed by atoms with Crippen molar-refractivity contribution in [2.75, 3.05) is 17.7 Å². The van der Waals surface area contributed by atoms with Crippen LogP contribution in [-0.2, 0) is 4.79 Å². The van der Waals surface area contributed by atoms with Gasteiger partial charge in [0.1, 0.15) is 6.33 Å². The van der Waals surface area contributed by atoms with Crippen molar-refractivity contribution in [2.45, 2.75) is 25.9 Å². The number of rotatable bonds is 7. The van der Waals surface area contributed by atoms with Gasteiger partial charge in [0.15, 0.2) is 10.9 Å². The summed E-state index contributed by atoms with van der Waals surface area (Å²) < 4.78 is 7.41. The van der Waals surface area contributed by atoms with E-state index in [4.69, 9.17) is 16.3 Å². The molecule has 28 heavy (non-hydrogen) atoms. The van der Waals surface area contributed by atoms with Gasteiger partial charge in [0.05, 0.1) is 23.1 Å². The summed E-state index contributed by atoms with van der Waals surface area (Å²) in [5, 5.41) is 12.1. The van der Waals surface area contributed by atoms with Gasteiger partial charge in [-0.3, -0.25) is 9.36 Å². The fourth-order valence-corrected chi connectivity index (χ4v) is 3.55. The molecule has 146 valence electrons. The Kier molecular flexibility index (Phi) is 6.59. The van der Waals surface area contributed by atoms with Crippen LogP contribution in [0.2, 0.25) is 5.02 Å². The van der Waals surface area contributed by atoms with E-state index in [1.807, 2.05) is 17.6 Å². The Morgan fingerprint density at radius 3 is 2.82 bits per heavy atom. The molecule has 0 aliphatic carbocycles. The number of hydrogen-bond donors (Lipinski definition) is 1. The van der Waals surface area contributed by atoms with Gasteiger partial charge in [0.2, 0.25) is 5.91 Å². The fraction of sp³-hybridized carbons (Fsp3) is 0.250. The fourth-order valence-electron chi connectivity index (χ4n) is 2.59. The van der Waals surface area contributed by atoms with Crippen molar-refractivity contribution < 1.29 is 9.53 Å². The summed E-state index contributed by atoms with van der Waals surface area (Å²) in [7, 11) is 0. The van der Waals surface area contributed by atoms with E-state index in [1.165, 1.54) is 22.9 Å². The van der Waals surface area contributed by atoms with Crippen molar-refractivity contribution >= 4 is 35.0 Å². The highest BCUT2D eigenvalue weighted by atomic mass is 35.5. The molecule has 1 N–H and O–H groups in total. The molecule has 3 aromatic rings. The molecule has 1 amide bonds. The van der Waals surface area contributed by atoms with Crippen molar-refractivity contribution in [2.24, 2.45) is 0 Å². The molecule has 0 spiro atoms. The van der Waals surface area contributed by atoms with Gasteiger partial charge in [-0.1, -0.05) is 35.5 Å². The second kappa shape index (κ2) is 9.12. The second-order valence-corrected chi connectivity index (χ2v) is 7.49. The first-order valence-corrected chi connectivity index (χ1v) is 10.2. The molecule has 0 fully saturated rings. The van der Waals surface area contributed by atoms with Gasteiger partial charge in [-0.25, -0.2) is 0 Å². The van der Waals surface area contributed by atoms with E-state index >= 15 is 0 Å². The van der Waals surface area contributed by atoms with Gasteiger partial charge in [0, 0.05) is 5.69 Å². The maximum atomic E-state index is 12.4. The average molecular weight is 417 g/mol. The van der Waals surface area contributed by atoms with Crippen molar-refractivity contribution in [1.29, 1.82) is 0 Å². The molecule has 8 heteroatoms. The van der Waals surface area contributed by atoms with E-state index in [0.717, 1.165) is 5.69 Å². The predicted molar refractivity (Wildman–Crippen MR) is 113 cm³/mol. The summed E-state index contributed by atoms with van der Waals surface area (Å²) in [4.78, 5) is 12.4. The molecule has 0 aliphatic rings. The summed E-state index contributed by atoms with van der Waals surface area (Å²) in [6.45, 7) is 6.45. The Morgan fingerprint density at radius 2 is 2.07 bits per heavy atom. The zero-order valence-electron chi connectivity index (χ0n) is 15.9. The number of amides is 1. The normalized spacial score (nSPS) is 10.7. The van der Waals surface area contributed by atoms with E-state index in [1.54, 1.807) is 24.5 Å². The Bertz CT molecular complexity index is 990. The lowest BCUT2D eigenvalue weighted by Gasteiger charge is -2.13. The number of para-hydroxylation sites is 1. The van der Waals surface area contributed by atoms with Crippen molar-refractivity contribution in [3.63, 3.8) is 0 Å². The first kappa shape index (κ1) is 20.2. The minimum Gasteiger partial charge on any atom is -0.490 e. The lowest BCUT2D eigenvalue weighted by molar-refractivity contribution is -0.113. The van der Waals surface area contributed by atoms with Crippen LogP contribution < -0.4 is 10.1 Å². The van der Waals surface area contributed by atoms with Crippen molar-refractivity contribution in [1.82, 2.24) is 14.8 Å². The number of benzene rings is 2. The Morgan fingerprint density at radius 1 is 1.25 bits per heavy atom. The zero-order valence-corrected chi connectivity index (χ0v) is 17.5. The molecule has 1 heterocycles. The zero-order chi connectivity index (χ0) is 20.1. The SMILES string of the molecule is CCOc1c(Cl)cccc1NC(=O)CSc1nncn1-c1ccc(C)c(C)c1. The number of carbonyl (C=O) groups excluding carboxylic acids is 1. The Hall–Kier alpha value is -2.51. The van der Waals surface area contributed by atoms with Gasteiger partial charge in [-0.2, -0.15) is 0 Å². The smallest absolute Gasteiger partial charge is 0.234 e. The molecule has 0 atom stereocenters. The number of aryl methyl sites for hydroxylation is 2. The lowest BCUT2D eigenvalue weighted by Crippen LogP contribution is -2.15. The first-order valence-electron chi connectivity index (χ1n) is 8.81. The molecule has 6 nitrogen and oxygen atoms in total. The standard InChI is InChI=1S/C20H21ClN4O2S/c1-4-27-19-16(21)6-5-7-17(19)23-18(26)11-28-20-24-22-12-25(20)15-9-8-13(2)14(3)10-15/h5-10,12H,4,11H2,1-3H3,(H,23,26). The van der Waals surface area contributed by atoms with E-state index in [0.29, 0.717) is 28.2 Å². The van der Waals surface area contributed by atoms with Gasteiger partial charge in [0.25, 0.3) is 0 Å². The summed E-state index contributed by atoms with van der Waals surface area (Å²) in [5.74, 6) is 0.480. The van der Waals surface area contributed by atoms with Crippen molar-refractivity contribution in [3.8, 4) is 11.4 Å². The van der Waals surface area contributed by atoms with Gasteiger partial charge in [-0.05, 0) is 56.2 Å². The third-order valence-corrected chi connectivity index (χ3v) is 5.39. The summed E-state index contributed by atoms with van der Waals surface area (Å²) in [6, 6.07) is 11.4. The van der Waals surface area contributed by atoms with Crippen LogP contribution in [-0.4, -0.2) is 33.0 Å². The topological polar surface area (TPSA) is 69.0 Å². The number of hydrogen-bond acceptors (Lipinski definition) is 5. The van der Waals surface area contributed by atoms with Gasteiger partial charge in [-0.15, -0.1) is 10.2 Å².